The molecular formula is C21H20O6. The van der Waals surface area contributed by atoms with Crippen molar-refractivity contribution in [3.63, 3.8) is 0 Å². The van der Waals surface area contributed by atoms with Gasteiger partial charge in [0.15, 0.2) is 12.2 Å². The predicted octanol–water partition coefficient (Wildman–Crippen LogP) is 3.26. The molecule has 140 valence electrons. The fourth-order valence-corrected chi connectivity index (χ4v) is 3.36. The number of ether oxygens (including phenoxy) is 3. The summed E-state index contributed by atoms with van der Waals surface area (Å²) in [6.07, 6.45) is 1.34. The molecule has 0 unspecified atom stereocenters. The van der Waals surface area contributed by atoms with Gasteiger partial charge in [-0.05, 0) is 43.7 Å². The molecule has 0 fully saturated rings. The maximum Gasteiger partial charge on any atom is 0.202 e. The molecule has 2 aromatic rings. The molecule has 0 radical (unpaired) electrons. The Labute approximate surface area is 156 Å². The molecule has 2 aromatic carbocycles. The Morgan fingerprint density at radius 3 is 2.56 bits per heavy atom. The van der Waals surface area contributed by atoms with Gasteiger partial charge in [0.1, 0.15) is 34.2 Å². The number of aliphatic hydroxyl groups excluding tert-OH is 1. The minimum atomic E-state index is -1.43. The Hall–Kier alpha value is -2.99. The van der Waals surface area contributed by atoms with Gasteiger partial charge in [-0.2, -0.15) is 0 Å². The lowest BCUT2D eigenvalue weighted by Crippen LogP contribution is -2.37. The van der Waals surface area contributed by atoms with Gasteiger partial charge in [0.25, 0.3) is 0 Å². The second-order valence-electron chi connectivity index (χ2n) is 7.17. The van der Waals surface area contributed by atoms with Crippen LogP contribution in [0.25, 0.3) is 6.08 Å². The SMILES string of the molecule is COc1ccc([C@H]2Oc3c4c(cc(O)c3C(=O)[C@@H]2O)OC(C)(C)C=C4)cc1. The fraction of sp³-hybridized carbons (Fsp3) is 0.286. The van der Waals surface area contributed by atoms with Crippen molar-refractivity contribution in [2.75, 3.05) is 7.11 Å². The average Bonchev–Trinajstić information content (AvgIpc) is 2.63. The van der Waals surface area contributed by atoms with Crippen LogP contribution in [0.5, 0.6) is 23.0 Å². The van der Waals surface area contributed by atoms with Crippen molar-refractivity contribution in [1.82, 2.24) is 0 Å². The van der Waals surface area contributed by atoms with Crippen molar-refractivity contribution in [1.29, 1.82) is 0 Å². The number of carbonyl (C=O) groups is 1. The summed E-state index contributed by atoms with van der Waals surface area (Å²) in [4.78, 5) is 12.8. The first-order valence-electron chi connectivity index (χ1n) is 8.62. The molecule has 6 heteroatoms. The molecule has 2 atom stereocenters. The van der Waals surface area contributed by atoms with Crippen LogP contribution in [0, 0.1) is 0 Å². The number of rotatable bonds is 2. The Balaban J connectivity index is 1.82. The first-order valence-corrected chi connectivity index (χ1v) is 8.62. The molecule has 0 spiro atoms. The third-order valence-electron chi connectivity index (χ3n) is 4.78. The van der Waals surface area contributed by atoms with E-state index in [0.717, 1.165) is 0 Å². The lowest BCUT2D eigenvalue weighted by Gasteiger charge is -2.34. The van der Waals surface area contributed by atoms with Crippen LogP contribution < -0.4 is 14.2 Å². The first-order chi connectivity index (χ1) is 12.8. The number of aromatic hydroxyl groups is 1. The van der Waals surface area contributed by atoms with Crippen LogP contribution in [0.3, 0.4) is 0 Å². The largest absolute Gasteiger partial charge is 0.507 e. The minimum absolute atomic E-state index is 0.0287. The van der Waals surface area contributed by atoms with Gasteiger partial charge in [-0.3, -0.25) is 4.79 Å². The molecule has 4 rings (SSSR count). The number of hydrogen-bond acceptors (Lipinski definition) is 6. The van der Waals surface area contributed by atoms with E-state index >= 15 is 0 Å². The van der Waals surface area contributed by atoms with E-state index in [0.29, 0.717) is 22.6 Å². The van der Waals surface area contributed by atoms with Gasteiger partial charge in [0.05, 0.1) is 12.7 Å². The Morgan fingerprint density at radius 2 is 1.89 bits per heavy atom. The Bertz CT molecular complexity index is 942. The second-order valence-corrected chi connectivity index (χ2v) is 7.17. The number of phenolic OH excluding ortho intramolecular Hbond substituents is 1. The Morgan fingerprint density at radius 1 is 1.19 bits per heavy atom. The zero-order valence-electron chi connectivity index (χ0n) is 15.2. The van der Waals surface area contributed by atoms with Gasteiger partial charge >= 0.3 is 0 Å². The number of methoxy groups -OCH3 is 1. The van der Waals surface area contributed by atoms with E-state index in [2.05, 4.69) is 0 Å². The molecule has 6 nitrogen and oxygen atoms in total. The summed E-state index contributed by atoms with van der Waals surface area (Å²) in [5, 5.41) is 20.9. The molecular weight excluding hydrogens is 348 g/mol. The summed E-state index contributed by atoms with van der Waals surface area (Å²) >= 11 is 0. The van der Waals surface area contributed by atoms with Crippen molar-refractivity contribution in [2.24, 2.45) is 0 Å². The van der Waals surface area contributed by atoms with E-state index in [1.54, 1.807) is 31.4 Å². The molecule has 2 aliphatic heterocycles. The van der Waals surface area contributed by atoms with E-state index in [1.807, 2.05) is 26.0 Å². The van der Waals surface area contributed by atoms with Gasteiger partial charge in [-0.15, -0.1) is 0 Å². The molecule has 2 N–H and O–H groups in total. The number of hydrogen-bond donors (Lipinski definition) is 2. The molecule has 0 saturated carbocycles. The summed E-state index contributed by atoms with van der Waals surface area (Å²) in [5.74, 6) is 0.441. The van der Waals surface area contributed by atoms with Crippen molar-refractivity contribution < 1.29 is 29.2 Å². The zero-order valence-corrected chi connectivity index (χ0v) is 15.2. The van der Waals surface area contributed by atoms with Gasteiger partial charge in [-0.1, -0.05) is 12.1 Å². The van der Waals surface area contributed by atoms with Gasteiger partial charge in [-0.25, -0.2) is 0 Å². The highest BCUT2D eigenvalue weighted by Crippen LogP contribution is 2.48. The predicted molar refractivity (Wildman–Crippen MR) is 98.5 cm³/mol. The minimum Gasteiger partial charge on any atom is -0.507 e. The standard InChI is InChI=1S/C21H20O6/c1-21(2)9-8-13-15(27-21)10-14(22)16-17(23)18(24)19(26-20(13)16)11-4-6-12(25-3)7-5-11/h4-10,18-19,22,24H,1-3H3/t18-,19+/m0/s1. The fourth-order valence-electron chi connectivity index (χ4n) is 3.36. The van der Waals surface area contributed by atoms with Crippen LogP contribution in [0.2, 0.25) is 0 Å². The molecule has 0 bridgehead atoms. The van der Waals surface area contributed by atoms with E-state index in [9.17, 15) is 15.0 Å². The van der Waals surface area contributed by atoms with E-state index in [4.69, 9.17) is 14.2 Å². The normalized spacial score (nSPS) is 22.3. The van der Waals surface area contributed by atoms with Crippen LogP contribution in [-0.2, 0) is 0 Å². The smallest absolute Gasteiger partial charge is 0.202 e. The van der Waals surface area contributed by atoms with E-state index in [1.165, 1.54) is 6.07 Å². The quantitative estimate of drug-likeness (QED) is 0.846. The van der Waals surface area contributed by atoms with Gasteiger partial charge in [0, 0.05) is 6.07 Å². The summed E-state index contributed by atoms with van der Waals surface area (Å²) < 4.78 is 17.0. The maximum absolute atomic E-state index is 12.8. The summed E-state index contributed by atoms with van der Waals surface area (Å²) in [5.41, 5.74) is 0.627. The highest BCUT2D eigenvalue weighted by atomic mass is 16.5. The number of ketones is 1. The Kier molecular flexibility index (Phi) is 3.89. The van der Waals surface area contributed by atoms with Gasteiger partial charge < -0.3 is 24.4 Å². The van der Waals surface area contributed by atoms with Crippen LogP contribution >= 0.6 is 0 Å². The van der Waals surface area contributed by atoms with Crippen LogP contribution in [0.15, 0.2) is 36.4 Å². The average molecular weight is 368 g/mol. The van der Waals surface area contributed by atoms with Crippen LogP contribution in [0.4, 0.5) is 0 Å². The third-order valence-corrected chi connectivity index (χ3v) is 4.78. The highest BCUT2D eigenvalue weighted by molar-refractivity contribution is 6.07. The lowest BCUT2D eigenvalue weighted by atomic mass is 9.90. The summed E-state index contributed by atoms with van der Waals surface area (Å²) in [7, 11) is 1.56. The highest BCUT2D eigenvalue weighted by Gasteiger charge is 2.41. The molecule has 0 aliphatic carbocycles. The monoisotopic (exact) mass is 368 g/mol. The number of carbonyl (C=O) groups excluding carboxylic acids is 1. The molecule has 0 amide bonds. The third kappa shape index (κ3) is 2.82. The van der Waals surface area contributed by atoms with E-state index in [-0.39, 0.29) is 17.1 Å². The number of fused-ring (bicyclic) bond motifs is 3. The number of aliphatic hydroxyl groups is 1. The van der Waals surface area contributed by atoms with Crippen LogP contribution in [-0.4, -0.2) is 34.8 Å². The molecule has 2 heterocycles. The molecule has 27 heavy (non-hydrogen) atoms. The lowest BCUT2D eigenvalue weighted by molar-refractivity contribution is 0.0207. The number of phenols is 1. The summed E-state index contributed by atoms with van der Waals surface area (Å²) in [6, 6.07) is 8.32. The van der Waals surface area contributed by atoms with Gasteiger partial charge in [0.2, 0.25) is 5.78 Å². The van der Waals surface area contributed by atoms with Crippen molar-refractivity contribution >= 4 is 11.9 Å². The molecule has 2 aliphatic rings. The zero-order chi connectivity index (χ0) is 19.3. The van der Waals surface area contributed by atoms with Crippen molar-refractivity contribution in [3.8, 4) is 23.0 Å². The maximum atomic E-state index is 12.8. The first kappa shape index (κ1) is 17.4. The van der Waals surface area contributed by atoms with Crippen LogP contribution in [0.1, 0.15) is 41.4 Å². The van der Waals surface area contributed by atoms with Crippen molar-refractivity contribution in [3.05, 3.63) is 53.1 Å². The molecule has 0 saturated heterocycles. The summed E-state index contributed by atoms with van der Waals surface area (Å²) in [6.45, 7) is 3.78. The molecule has 0 aromatic heterocycles. The topological polar surface area (TPSA) is 85.2 Å². The van der Waals surface area contributed by atoms with Crippen molar-refractivity contribution in [2.45, 2.75) is 31.7 Å². The second kappa shape index (κ2) is 6.03. The number of Topliss-reactive ketones (excluding diaryl/α,β-unsaturated/α-hetero) is 1. The number of benzene rings is 2. The van der Waals surface area contributed by atoms with E-state index < -0.39 is 23.6 Å².